The molecule has 1 aliphatic carbocycles. The molecule has 4 rings (SSSR count). The quantitative estimate of drug-likeness (QED) is 0.442. The summed E-state index contributed by atoms with van der Waals surface area (Å²) < 4.78 is 119. The molecule has 19 heteroatoms. The van der Waals surface area contributed by atoms with Crippen molar-refractivity contribution in [1.82, 2.24) is 29.5 Å². The van der Waals surface area contributed by atoms with Crippen molar-refractivity contribution in [2.24, 2.45) is 0 Å². The van der Waals surface area contributed by atoms with Gasteiger partial charge in [0.05, 0.1) is 22.3 Å². The minimum atomic E-state index is -4.66. The number of hydrogen-bond donors (Lipinski definition) is 1. The molecule has 1 N–H and O–H groups in total. The van der Waals surface area contributed by atoms with Gasteiger partial charge in [-0.25, -0.2) is 17.2 Å². The van der Waals surface area contributed by atoms with E-state index in [-0.39, 0.29) is 68.2 Å². The fourth-order valence-electron chi connectivity index (χ4n) is 4.91. The first kappa shape index (κ1) is 33.3. The highest BCUT2D eigenvalue weighted by atomic mass is 35.5. The summed E-state index contributed by atoms with van der Waals surface area (Å²) in [6.07, 6.45) is -5.12. The molecule has 0 spiro atoms. The van der Waals surface area contributed by atoms with Crippen molar-refractivity contribution in [2.45, 2.75) is 54.9 Å². The van der Waals surface area contributed by atoms with Crippen molar-refractivity contribution in [2.75, 3.05) is 32.7 Å². The number of aromatic nitrogens is 3. The molecule has 1 aliphatic heterocycles. The lowest BCUT2D eigenvalue weighted by atomic mass is 9.78. The van der Waals surface area contributed by atoms with Gasteiger partial charge in [0.25, 0.3) is 15.9 Å². The third-order valence-electron chi connectivity index (χ3n) is 7.23. The number of alkyl halides is 7. The summed E-state index contributed by atoms with van der Waals surface area (Å²) in [5.74, 6) is -3.72. The number of carbonyl (C=O) groups is 1. The lowest BCUT2D eigenvalue weighted by molar-refractivity contribution is -0.137. The Bertz CT molecular complexity index is 1340. The van der Waals surface area contributed by atoms with E-state index < -0.39 is 68.6 Å². The van der Waals surface area contributed by atoms with Crippen LogP contribution in [0.15, 0.2) is 29.4 Å². The van der Waals surface area contributed by atoms with E-state index in [0.29, 0.717) is 18.3 Å². The zero-order chi connectivity index (χ0) is 29.5. The number of rotatable bonds is 7. The van der Waals surface area contributed by atoms with Crippen LogP contribution in [0.4, 0.5) is 30.7 Å². The van der Waals surface area contributed by atoms with Crippen molar-refractivity contribution in [3.8, 4) is 0 Å². The van der Waals surface area contributed by atoms with Crippen LogP contribution in [0.5, 0.6) is 0 Å². The van der Waals surface area contributed by atoms with Crippen molar-refractivity contribution >= 4 is 39.9 Å². The molecular weight excluding hydrogens is 632 g/mol. The zero-order valence-corrected chi connectivity index (χ0v) is 23.4. The van der Waals surface area contributed by atoms with E-state index in [0.717, 1.165) is 10.4 Å². The zero-order valence-electron chi connectivity index (χ0n) is 21.1. The molecule has 9 nitrogen and oxygen atoms in total. The molecule has 2 heterocycles. The van der Waals surface area contributed by atoms with Gasteiger partial charge in [-0.2, -0.15) is 30.9 Å². The van der Waals surface area contributed by atoms with E-state index >= 15 is 0 Å². The average Bonchev–Trinajstić information content (AvgIpc) is 3.40. The predicted octanol–water partition coefficient (Wildman–Crippen LogP) is 4.45. The number of nitrogens with zero attached hydrogens (tertiary/aromatic N) is 5. The van der Waals surface area contributed by atoms with Gasteiger partial charge in [-0.3, -0.25) is 9.69 Å². The monoisotopic (exact) mass is 656 g/mol. The lowest BCUT2D eigenvalue weighted by Gasteiger charge is -2.50. The van der Waals surface area contributed by atoms with Crippen LogP contribution in [0.2, 0.25) is 5.02 Å². The fraction of sp³-hybridized carbons (Fsp3) is 0.591. The Morgan fingerprint density at radius 1 is 1.07 bits per heavy atom. The Labute approximate surface area is 241 Å². The minimum Gasteiger partial charge on any atom is -0.350 e. The maximum atomic E-state index is 14.1. The summed E-state index contributed by atoms with van der Waals surface area (Å²) in [6.45, 7) is -3.30. The number of piperazine rings is 1. The first-order chi connectivity index (χ1) is 18.5. The van der Waals surface area contributed by atoms with Crippen LogP contribution in [0.1, 0.15) is 48.2 Å². The van der Waals surface area contributed by atoms with Crippen LogP contribution in [0.25, 0.3) is 0 Å². The first-order valence-electron chi connectivity index (χ1n) is 12.0. The summed E-state index contributed by atoms with van der Waals surface area (Å²) >= 11 is 5.92. The molecule has 0 unspecified atom stereocenters. The lowest BCUT2D eigenvalue weighted by Crippen LogP contribution is -2.63. The third kappa shape index (κ3) is 7.24. The SMILES string of the molecule is Cl.O=C(NCC1(N2CCN(S(=O)(=O)c3cn(C(F)F)nn3)CC2)CCC(F)(F)CC1)c1ccc(C(F)(F)F)cc1Cl. The molecule has 1 amide bonds. The molecular formula is C22H25Cl2F7N6O3S. The first-order valence-corrected chi connectivity index (χ1v) is 13.8. The predicted molar refractivity (Wildman–Crippen MR) is 134 cm³/mol. The molecule has 2 aromatic rings. The molecule has 41 heavy (non-hydrogen) atoms. The highest BCUT2D eigenvalue weighted by molar-refractivity contribution is 7.89. The normalized spacial score (nSPS) is 20.0. The van der Waals surface area contributed by atoms with Crippen molar-refractivity contribution < 1.29 is 43.9 Å². The van der Waals surface area contributed by atoms with Crippen LogP contribution in [0.3, 0.4) is 0 Å². The Hall–Kier alpha value is -2.21. The van der Waals surface area contributed by atoms with E-state index in [1.54, 1.807) is 4.90 Å². The third-order valence-corrected chi connectivity index (χ3v) is 9.31. The largest absolute Gasteiger partial charge is 0.416 e. The Balaban J connectivity index is 0.00000462. The second-order valence-electron chi connectivity index (χ2n) is 9.66. The van der Waals surface area contributed by atoms with Gasteiger partial charge in [0.15, 0.2) is 0 Å². The van der Waals surface area contributed by atoms with Crippen LogP contribution in [-0.2, 0) is 16.2 Å². The van der Waals surface area contributed by atoms with Crippen molar-refractivity contribution in [3.63, 3.8) is 0 Å². The summed E-state index contributed by atoms with van der Waals surface area (Å²) in [6, 6.07) is 2.25. The second-order valence-corrected chi connectivity index (χ2v) is 12.0. The fourth-order valence-corrected chi connectivity index (χ4v) is 6.47. The molecule has 0 bridgehead atoms. The Morgan fingerprint density at radius 3 is 2.20 bits per heavy atom. The van der Waals surface area contributed by atoms with Gasteiger partial charge < -0.3 is 5.32 Å². The highest BCUT2D eigenvalue weighted by Crippen LogP contribution is 2.42. The molecule has 0 radical (unpaired) electrons. The molecule has 1 saturated heterocycles. The van der Waals surface area contributed by atoms with Gasteiger partial charge in [-0.05, 0) is 31.0 Å². The number of nitrogens with one attached hydrogen (secondary N) is 1. The summed E-state index contributed by atoms with van der Waals surface area (Å²) in [5.41, 5.74) is -2.26. The maximum absolute atomic E-state index is 14.1. The summed E-state index contributed by atoms with van der Waals surface area (Å²) in [5, 5.41) is 7.92. The highest BCUT2D eigenvalue weighted by Gasteiger charge is 2.48. The molecule has 1 saturated carbocycles. The van der Waals surface area contributed by atoms with Gasteiger partial charge in [-0.1, -0.05) is 16.8 Å². The average molecular weight is 657 g/mol. The number of benzene rings is 1. The van der Waals surface area contributed by atoms with E-state index in [4.69, 9.17) is 11.6 Å². The van der Waals surface area contributed by atoms with E-state index in [1.165, 1.54) is 0 Å². The number of amides is 1. The topological polar surface area (TPSA) is 100 Å². The van der Waals surface area contributed by atoms with Gasteiger partial charge >= 0.3 is 12.7 Å². The number of carbonyl (C=O) groups excluding carboxylic acids is 1. The van der Waals surface area contributed by atoms with Gasteiger partial charge in [0.2, 0.25) is 10.9 Å². The number of halogens is 9. The van der Waals surface area contributed by atoms with Crippen molar-refractivity contribution in [3.05, 3.63) is 40.5 Å². The number of hydrogen-bond acceptors (Lipinski definition) is 6. The molecule has 1 aromatic carbocycles. The van der Waals surface area contributed by atoms with E-state index in [1.807, 2.05) is 0 Å². The van der Waals surface area contributed by atoms with Gasteiger partial charge in [0, 0.05) is 51.1 Å². The maximum Gasteiger partial charge on any atom is 0.416 e. The molecule has 2 aliphatic rings. The van der Waals surface area contributed by atoms with Crippen LogP contribution < -0.4 is 5.32 Å². The standard InChI is InChI=1S/C22H24ClF7N6O3S.ClH/c23-16-11-14(22(28,29)30)1-2-15(16)18(37)31-13-20(3-5-21(26,27)6-4-20)34-7-9-35(10-8-34)40(38,39)17-12-36(19(24)25)33-32-17;/h1-2,11-12,19H,3-10,13H2,(H,31,37);1H. The minimum absolute atomic E-state index is 0. The Kier molecular flexibility index (Phi) is 9.89. The summed E-state index contributed by atoms with van der Waals surface area (Å²) in [4.78, 5) is 14.6. The molecule has 1 aromatic heterocycles. The van der Waals surface area contributed by atoms with Crippen molar-refractivity contribution in [1.29, 1.82) is 0 Å². The van der Waals surface area contributed by atoms with Crippen LogP contribution in [-0.4, -0.2) is 82.7 Å². The second kappa shape index (κ2) is 12.2. The van der Waals surface area contributed by atoms with Gasteiger partial charge in [-0.15, -0.1) is 17.5 Å². The number of sulfonamides is 1. The summed E-state index contributed by atoms with van der Waals surface area (Å²) in [7, 11) is -4.25. The van der Waals surface area contributed by atoms with Crippen LogP contribution in [0, 0.1) is 0 Å². The van der Waals surface area contributed by atoms with E-state index in [2.05, 4.69) is 15.6 Å². The molecule has 230 valence electrons. The molecule has 0 atom stereocenters. The van der Waals surface area contributed by atoms with Gasteiger partial charge in [0.1, 0.15) is 0 Å². The Morgan fingerprint density at radius 2 is 1.68 bits per heavy atom. The smallest absolute Gasteiger partial charge is 0.350 e. The van der Waals surface area contributed by atoms with Crippen LogP contribution >= 0.6 is 24.0 Å². The van der Waals surface area contributed by atoms with E-state index in [9.17, 15) is 43.9 Å². The molecule has 2 fully saturated rings.